The van der Waals surface area contributed by atoms with Crippen LogP contribution in [0.3, 0.4) is 0 Å². The summed E-state index contributed by atoms with van der Waals surface area (Å²) in [6.07, 6.45) is 9.82. The number of halogens is 1. The normalized spacial score (nSPS) is 21.5. The second-order valence-corrected chi connectivity index (χ2v) is 24.6. The van der Waals surface area contributed by atoms with E-state index in [1.54, 1.807) is 31.6 Å². The molecule has 0 radical (unpaired) electrons. The first kappa shape index (κ1) is 55.6. The molecule has 440 valence electrons. The van der Waals surface area contributed by atoms with Crippen LogP contribution < -0.4 is 30.7 Å². The van der Waals surface area contributed by atoms with E-state index in [1.807, 2.05) is 67.5 Å². The zero-order valence-corrected chi connectivity index (χ0v) is 48.6. The molecule has 3 N–H and O–H groups in total. The number of fused-ring (bicyclic) bond motifs is 4. The van der Waals surface area contributed by atoms with Crippen LogP contribution in [-0.4, -0.2) is 152 Å². The number of nitrogens with one attached hydrogen (secondary N) is 3. The minimum atomic E-state index is -1.03. The van der Waals surface area contributed by atoms with Gasteiger partial charge in [-0.25, -0.2) is 19.3 Å². The number of piperazine rings is 1. The number of hydrogen-bond acceptors (Lipinski definition) is 14. The van der Waals surface area contributed by atoms with Gasteiger partial charge in [0, 0.05) is 98.6 Å². The van der Waals surface area contributed by atoms with Gasteiger partial charge < -0.3 is 39.7 Å². The lowest BCUT2D eigenvalue weighted by molar-refractivity contribution is -0.136. The molecule has 5 fully saturated rings. The van der Waals surface area contributed by atoms with Gasteiger partial charge in [0.05, 0.1) is 45.3 Å². The van der Waals surface area contributed by atoms with Crippen LogP contribution in [0.2, 0.25) is 0 Å². The highest BCUT2D eigenvalue weighted by molar-refractivity contribution is 6.24. The molecule has 3 aromatic carbocycles. The number of pyridine rings is 2. The average molecular weight is 1150 g/mol. The highest BCUT2D eigenvalue weighted by atomic mass is 19.1. The Bertz CT molecular complexity index is 3740. The van der Waals surface area contributed by atoms with E-state index in [0.29, 0.717) is 97.4 Å². The second kappa shape index (κ2) is 21.8. The first-order valence-corrected chi connectivity index (χ1v) is 30.0. The molecule has 1 saturated carbocycles. The van der Waals surface area contributed by atoms with E-state index in [1.165, 1.54) is 31.4 Å². The van der Waals surface area contributed by atoms with Crippen molar-refractivity contribution in [3.8, 4) is 11.3 Å². The fraction of sp³-hybridized carbons (Fsp3) is 0.438. The van der Waals surface area contributed by atoms with Crippen LogP contribution in [0.15, 0.2) is 79.3 Å². The number of hydrogen-bond donors (Lipinski definition) is 3. The molecule has 7 aliphatic rings. The zero-order valence-electron chi connectivity index (χ0n) is 48.6. The van der Waals surface area contributed by atoms with Gasteiger partial charge in [-0.3, -0.25) is 43.8 Å². The van der Waals surface area contributed by atoms with Crippen LogP contribution in [0.25, 0.3) is 22.3 Å². The summed E-state index contributed by atoms with van der Waals surface area (Å²) in [5.74, 6) is -1.95. The van der Waals surface area contributed by atoms with Crippen molar-refractivity contribution in [2.75, 3.05) is 72.4 Å². The molecule has 1 aliphatic carbocycles. The molecular formula is C64H70FN13O7. The van der Waals surface area contributed by atoms with Gasteiger partial charge in [-0.05, 0) is 158 Å². The fourth-order valence-electron chi connectivity index (χ4n) is 13.9. The number of carbonyl (C=O) groups is 7. The minimum Gasteiger partial charge on any atom is -0.368 e. The number of aromatic nitrogens is 4. The van der Waals surface area contributed by atoms with Gasteiger partial charge in [0.15, 0.2) is 5.82 Å². The Morgan fingerprint density at radius 1 is 0.765 bits per heavy atom. The molecule has 3 aromatic heterocycles. The number of nitrogens with zero attached hydrogens (tertiary/aromatic N) is 10. The summed E-state index contributed by atoms with van der Waals surface area (Å²) in [6.45, 7) is 14.9. The predicted molar refractivity (Wildman–Crippen MR) is 319 cm³/mol. The van der Waals surface area contributed by atoms with E-state index in [0.717, 1.165) is 59.2 Å². The van der Waals surface area contributed by atoms with Crippen LogP contribution in [0.4, 0.5) is 33.1 Å². The quantitative estimate of drug-likeness (QED) is 0.100. The lowest BCUT2D eigenvalue weighted by Gasteiger charge is -2.48. The second-order valence-electron chi connectivity index (χ2n) is 24.6. The number of anilines is 5. The third-order valence-corrected chi connectivity index (χ3v) is 18.7. The summed E-state index contributed by atoms with van der Waals surface area (Å²) in [4.78, 5) is 121. The van der Waals surface area contributed by atoms with Gasteiger partial charge in [-0.15, -0.1) is 0 Å². The number of likely N-dealkylation sites (tertiary alicyclic amines) is 2. The maximum Gasteiger partial charge on any atom is 0.262 e. The summed E-state index contributed by atoms with van der Waals surface area (Å²) >= 11 is 0. The Kier molecular flexibility index (Phi) is 14.3. The highest BCUT2D eigenvalue weighted by Gasteiger charge is 2.56. The van der Waals surface area contributed by atoms with Gasteiger partial charge in [0.1, 0.15) is 23.2 Å². The van der Waals surface area contributed by atoms with E-state index >= 15 is 9.18 Å². The van der Waals surface area contributed by atoms with Crippen molar-refractivity contribution in [2.45, 2.75) is 128 Å². The summed E-state index contributed by atoms with van der Waals surface area (Å²) in [5, 5.41) is 8.43. The third kappa shape index (κ3) is 9.82. The molecule has 1 spiro atoms. The van der Waals surface area contributed by atoms with Crippen LogP contribution in [0.1, 0.15) is 144 Å². The Morgan fingerprint density at radius 3 is 2.21 bits per heavy atom. The first-order valence-electron chi connectivity index (χ1n) is 30.0. The molecule has 85 heavy (non-hydrogen) atoms. The highest BCUT2D eigenvalue weighted by Crippen LogP contribution is 2.52. The summed E-state index contributed by atoms with van der Waals surface area (Å²) in [5.41, 5.74) is 6.34. The van der Waals surface area contributed by atoms with Gasteiger partial charge in [0.2, 0.25) is 17.7 Å². The fourth-order valence-corrected chi connectivity index (χ4v) is 13.9. The first-order chi connectivity index (χ1) is 40.9. The van der Waals surface area contributed by atoms with Crippen LogP contribution in [0.5, 0.6) is 0 Å². The Hall–Kier alpha value is -8.59. The van der Waals surface area contributed by atoms with E-state index in [2.05, 4.69) is 47.7 Å². The third-order valence-electron chi connectivity index (χ3n) is 18.7. The molecule has 6 aromatic rings. The molecule has 13 rings (SSSR count). The number of carbonyl (C=O) groups excluding carboxylic acids is 7. The van der Waals surface area contributed by atoms with E-state index in [-0.39, 0.29) is 65.5 Å². The lowest BCUT2D eigenvalue weighted by atomic mass is 9.73. The smallest absolute Gasteiger partial charge is 0.262 e. The molecule has 1 unspecified atom stereocenters. The molecule has 0 bridgehead atoms. The van der Waals surface area contributed by atoms with Crippen molar-refractivity contribution >= 4 is 81.1 Å². The summed E-state index contributed by atoms with van der Waals surface area (Å²) in [7, 11) is 0. The predicted octanol–water partition coefficient (Wildman–Crippen LogP) is 7.67. The number of imidazole rings is 1. The SMILES string of the molecule is Cc1cc(F)c(Nc2nc(-c3ccc4c(c3)N(C3CC(N5CCCCC5)C3)C(=O)C43CCN(C(=O)c4ccc(N5CCN(c6ccc7c(c6)C(=O)N(C6CCC(=O)NC6=O)C7=O)CC5)nc4)CC3)cc3ncn(C(C)C)c23)cc1C(=O)NC(C)C. The van der Waals surface area contributed by atoms with Crippen molar-refractivity contribution in [2.24, 2.45) is 0 Å². The molecule has 7 amide bonds. The molecular weight excluding hydrogens is 1080 g/mol. The van der Waals surface area contributed by atoms with Crippen molar-refractivity contribution < 1.29 is 38.0 Å². The molecule has 1 atom stereocenters. The Morgan fingerprint density at radius 2 is 1.51 bits per heavy atom. The Balaban J connectivity index is 0.717. The lowest BCUT2D eigenvalue weighted by Crippen LogP contribution is -2.58. The van der Waals surface area contributed by atoms with Crippen molar-refractivity contribution in [1.82, 2.24) is 44.9 Å². The number of amides is 7. The maximum atomic E-state index is 16.0. The molecule has 20 nitrogen and oxygen atoms in total. The number of benzene rings is 3. The monoisotopic (exact) mass is 1150 g/mol. The number of piperidine rings is 3. The minimum absolute atomic E-state index is 0.00127. The number of aryl methyl sites for hydroxylation is 1. The molecule has 6 aliphatic heterocycles. The van der Waals surface area contributed by atoms with Gasteiger partial charge >= 0.3 is 0 Å². The zero-order chi connectivity index (χ0) is 59.2. The molecule has 9 heterocycles. The Labute approximate surface area is 492 Å². The average Bonchev–Trinajstić information content (AvgIpc) is 1.92. The number of rotatable bonds is 12. The van der Waals surface area contributed by atoms with Gasteiger partial charge in [-0.2, -0.15) is 0 Å². The van der Waals surface area contributed by atoms with E-state index < -0.39 is 40.9 Å². The van der Waals surface area contributed by atoms with Gasteiger partial charge in [-0.1, -0.05) is 18.6 Å². The van der Waals surface area contributed by atoms with Crippen LogP contribution in [-0.2, 0) is 19.8 Å². The van der Waals surface area contributed by atoms with E-state index in [4.69, 9.17) is 15.0 Å². The standard InChI is InChI=1S/C64H70FN13O7/c1-36(2)68-58(80)45-32-50(48(65)27-38(45)5)70-57-56-51(67-35-76(56)37(3)4)33-49(69-57)39-9-13-47-53(28-39)77(43-29-42(30-43)72-19-7-6-8-20-72)63(85)64(47)17-21-75(22-18-64)60(82)40-10-15-54(66-34-40)74-25-23-73(24-26-74)41-11-12-44-46(31-41)62(84)78(61(44)83)52-14-16-55(79)71-59(52)81/h9-13,15,27-28,31-37,42-43,52H,6-8,14,16-26,29-30H2,1-5H3,(H,68,80)(H,69,70)(H,71,79,81). The summed E-state index contributed by atoms with van der Waals surface area (Å²) < 4.78 is 17.9. The number of imide groups is 2. The van der Waals surface area contributed by atoms with Gasteiger partial charge in [0.25, 0.3) is 23.6 Å². The molecule has 21 heteroatoms. The van der Waals surface area contributed by atoms with E-state index in [9.17, 15) is 28.8 Å². The van der Waals surface area contributed by atoms with Crippen LogP contribution >= 0.6 is 0 Å². The molecule has 4 saturated heterocycles. The topological polar surface area (TPSA) is 219 Å². The van der Waals surface area contributed by atoms with Crippen molar-refractivity contribution in [3.05, 3.63) is 118 Å². The van der Waals surface area contributed by atoms with Crippen LogP contribution in [0, 0.1) is 12.7 Å². The van der Waals surface area contributed by atoms with Crippen molar-refractivity contribution in [3.63, 3.8) is 0 Å². The maximum absolute atomic E-state index is 16.0. The summed E-state index contributed by atoms with van der Waals surface area (Å²) in [6, 6.07) is 19.1. The largest absolute Gasteiger partial charge is 0.368 e. The van der Waals surface area contributed by atoms with Crippen molar-refractivity contribution in [1.29, 1.82) is 0 Å².